The summed E-state index contributed by atoms with van der Waals surface area (Å²) in [7, 11) is 0. The van der Waals surface area contributed by atoms with Crippen molar-refractivity contribution < 1.29 is 0 Å². The highest BCUT2D eigenvalue weighted by Gasteiger charge is 2.12. The number of nitrogens with zero attached hydrogens (tertiary/aromatic N) is 3. The van der Waals surface area contributed by atoms with Crippen LogP contribution < -0.4 is 4.90 Å². The fourth-order valence-electron chi connectivity index (χ4n) is 2.42. The van der Waals surface area contributed by atoms with Crippen LogP contribution in [-0.2, 0) is 0 Å². The minimum Gasteiger partial charge on any atom is -0.372 e. The largest absolute Gasteiger partial charge is 0.372 e. The second-order valence-electron chi connectivity index (χ2n) is 4.79. The Bertz CT molecular complexity index is 552. The molecule has 2 aromatic rings. The van der Waals surface area contributed by atoms with Crippen molar-refractivity contribution in [2.45, 2.75) is 12.8 Å². The molecule has 3 rings (SSSR count). The first-order chi connectivity index (χ1) is 9.36. The van der Waals surface area contributed by atoms with Crippen LogP contribution in [0.2, 0.25) is 0 Å². The van der Waals surface area contributed by atoms with Gasteiger partial charge >= 0.3 is 0 Å². The van der Waals surface area contributed by atoms with Crippen LogP contribution >= 0.6 is 0 Å². The Morgan fingerprint density at radius 2 is 1.68 bits per heavy atom. The van der Waals surface area contributed by atoms with E-state index in [0.29, 0.717) is 0 Å². The third-order valence-electron chi connectivity index (χ3n) is 3.53. The van der Waals surface area contributed by atoms with Gasteiger partial charge in [0.1, 0.15) is 0 Å². The standard InChI is InChI=1S/C16H17N3/c1-2-14-7-10-16(18-17-14)13-5-8-15(9-6-13)19-11-3-4-12-19/h2,5-10H,1,3-4,11-12H2. The molecule has 0 aliphatic carbocycles. The molecule has 0 amide bonds. The van der Waals surface area contributed by atoms with Crippen LogP contribution in [0.3, 0.4) is 0 Å². The molecule has 0 N–H and O–H groups in total. The number of hydrogen-bond donors (Lipinski definition) is 0. The van der Waals surface area contributed by atoms with Gasteiger partial charge in [0.2, 0.25) is 0 Å². The molecule has 1 aromatic heterocycles. The number of hydrogen-bond acceptors (Lipinski definition) is 3. The van der Waals surface area contributed by atoms with Crippen molar-refractivity contribution in [3.05, 3.63) is 48.7 Å². The Balaban J connectivity index is 1.82. The quantitative estimate of drug-likeness (QED) is 0.837. The van der Waals surface area contributed by atoms with Crippen LogP contribution in [0, 0.1) is 0 Å². The van der Waals surface area contributed by atoms with Crippen LogP contribution in [0.5, 0.6) is 0 Å². The molecule has 0 spiro atoms. The minimum absolute atomic E-state index is 0.803. The number of benzene rings is 1. The molecule has 2 heterocycles. The molecule has 1 saturated heterocycles. The van der Waals surface area contributed by atoms with E-state index in [1.165, 1.54) is 31.6 Å². The number of aromatic nitrogens is 2. The molecule has 3 nitrogen and oxygen atoms in total. The van der Waals surface area contributed by atoms with E-state index in [4.69, 9.17) is 0 Å². The summed E-state index contributed by atoms with van der Waals surface area (Å²) in [6, 6.07) is 12.5. The molecule has 1 aromatic carbocycles. The Hall–Kier alpha value is -2.16. The van der Waals surface area contributed by atoms with Crippen molar-refractivity contribution >= 4 is 11.8 Å². The zero-order valence-corrected chi connectivity index (χ0v) is 10.9. The molecule has 1 aliphatic rings. The lowest BCUT2D eigenvalue weighted by Gasteiger charge is -2.17. The van der Waals surface area contributed by atoms with Crippen molar-refractivity contribution in [2.75, 3.05) is 18.0 Å². The molecule has 0 saturated carbocycles. The predicted octanol–water partition coefficient (Wildman–Crippen LogP) is 3.39. The van der Waals surface area contributed by atoms with Gasteiger partial charge < -0.3 is 4.90 Å². The zero-order chi connectivity index (χ0) is 13.1. The molecule has 0 atom stereocenters. The molecule has 19 heavy (non-hydrogen) atoms. The van der Waals surface area contributed by atoms with Crippen LogP contribution in [0.4, 0.5) is 5.69 Å². The maximum atomic E-state index is 4.21. The second-order valence-corrected chi connectivity index (χ2v) is 4.79. The summed E-state index contributed by atoms with van der Waals surface area (Å²) in [6.45, 7) is 6.03. The highest BCUT2D eigenvalue weighted by atomic mass is 15.1. The monoisotopic (exact) mass is 251 g/mol. The molecular formula is C16H17N3. The van der Waals surface area contributed by atoms with E-state index in [-0.39, 0.29) is 0 Å². The van der Waals surface area contributed by atoms with Crippen LogP contribution in [0.15, 0.2) is 43.0 Å². The van der Waals surface area contributed by atoms with E-state index in [1.807, 2.05) is 12.1 Å². The normalized spacial score (nSPS) is 14.6. The van der Waals surface area contributed by atoms with Crippen molar-refractivity contribution in [3.8, 4) is 11.3 Å². The van der Waals surface area contributed by atoms with Gasteiger partial charge in [-0.1, -0.05) is 18.7 Å². The summed E-state index contributed by atoms with van der Waals surface area (Å²) < 4.78 is 0. The maximum Gasteiger partial charge on any atom is 0.0930 e. The Morgan fingerprint density at radius 3 is 2.26 bits per heavy atom. The lowest BCUT2D eigenvalue weighted by atomic mass is 10.1. The highest BCUT2D eigenvalue weighted by Crippen LogP contribution is 2.24. The van der Waals surface area contributed by atoms with E-state index in [1.54, 1.807) is 6.08 Å². The van der Waals surface area contributed by atoms with Crippen LogP contribution in [0.1, 0.15) is 18.5 Å². The van der Waals surface area contributed by atoms with Crippen LogP contribution in [0.25, 0.3) is 17.3 Å². The van der Waals surface area contributed by atoms with Gasteiger partial charge in [-0.3, -0.25) is 0 Å². The molecule has 0 bridgehead atoms. The minimum atomic E-state index is 0.803. The van der Waals surface area contributed by atoms with E-state index in [0.717, 1.165) is 17.0 Å². The molecule has 3 heteroatoms. The van der Waals surface area contributed by atoms with E-state index in [9.17, 15) is 0 Å². The molecule has 1 fully saturated rings. The molecule has 96 valence electrons. The summed E-state index contributed by atoms with van der Waals surface area (Å²) in [4.78, 5) is 2.43. The average Bonchev–Trinajstić information content (AvgIpc) is 3.02. The molecule has 0 unspecified atom stereocenters. The van der Waals surface area contributed by atoms with E-state index in [2.05, 4.69) is 45.9 Å². The summed E-state index contributed by atoms with van der Waals surface area (Å²) in [6.07, 6.45) is 4.31. The lowest BCUT2D eigenvalue weighted by molar-refractivity contribution is 0.949. The van der Waals surface area contributed by atoms with Gasteiger partial charge in [-0.2, -0.15) is 5.10 Å². The number of rotatable bonds is 3. The SMILES string of the molecule is C=Cc1ccc(-c2ccc(N3CCCC3)cc2)nn1. The topological polar surface area (TPSA) is 29.0 Å². The first-order valence-electron chi connectivity index (χ1n) is 6.68. The highest BCUT2D eigenvalue weighted by molar-refractivity contribution is 5.63. The Kier molecular flexibility index (Phi) is 3.27. The molecule has 0 radical (unpaired) electrons. The van der Waals surface area contributed by atoms with Gasteiger partial charge in [-0.05, 0) is 43.2 Å². The van der Waals surface area contributed by atoms with Gasteiger partial charge in [0.25, 0.3) is 0 Å². The third-order valence-corrected chi connectivity index (χ3v) is 3.53. The fourth-order valence-corrected chi connectivity index (χ4v) is 2.42. The molecular weight excluding hydrogens is 234 g/mol. The van der Waals surface area contributed by atoms with E-state index < -0.39 is 0 Å². The van der Waals surface area contributed by atoms with Gasteiger partial charge in [0, 0.05) is 24.3 Å². The number of anilines is 1. The lowest BCUT2D eigenvalue weighted by Crippen LogP contribution is -2.17. The van der Waals surface area contributed by atoms with Crippen molar-refractivity contribution in [3.63, 3.8) is 0 Å². The first-order valence-corrected chi connectivity index (χ1v) is 6.68. The van der Waals surface area contributed by atoms with Gasteiger partial charge in [-0.25, -0.2) is 0 Å². The zero-order valence-electron chi connectivity index (χ0n) is 10.9. The summed E-state index contributed by atoms with van der Waals surface area (Å²) in [5.41, 5.74) is 4.11. The summed E-state index contributed by atoms with van der Waals surface area (Å²) >= 11 is 0. The van der Waals surface area contributed by atoms with Gasteiger partial charge in [0.05, 0.1) is 11.4 Å². The van der Waals surface area contributed by atoms with Crippen LogP contribution in [-0.4, -0.2) is 23.3 Å². The van der Waals surface area contributed by atoms with Gasteiger partial charge in [-0.15, -0.1) is 5.10 Å². The van der Waals surface area contributed by atoms with Crippen molar-refractivity contribution in [1.29, 1.82) is 0 Å². The predicted molar refractivity (Wildman–Crippen MR) is 79.0 cm³/mol. The summed E-state index contributed by atoms with van der Waals surface area (Å²) in [5, 5.41) is 8.31. The first kappa shape index (κ1) is 11.9. The smallest absolute Gasteiger partial charge is 0.0930 e. The Morgan fingerprint density at radius 1 is 0.947 bits per heavy atom. The summed E-state index contributed by atoms with van der Waals surface area (Å²) in [5.74, 6) is 0. The van der Waals surface area contributed by atoms with Crippen molar-refractivity contribution in [2.24, 2.45) is 0 Å². The Labute approximate surface area is 113 Å². The van der Waals surface area contributed by atoms with Crippen molar-refractivity contribution in [1.82, 2.24) is 10.2 Å². The average molecular weight is 251 g/mol. The van der Waals surface area contributed by atoms with Gasteiger partial charge in [0.15, 0.2) is 0 Å². The maximum absolute atomic E-state index is 4.21. The van der Waals surface area contributed by atoms with E-state index >= 15 is 0 Å². The second kappa shape index (κ2) is 5.22. The molecule has 1 aliphatic heterocycles. The fraction of sp³-hybridized carbons (Fsp3) is 0.250. The third kappa shape index (κ3) is 2.50.